The Bertz CT molecular complexity index is 613. The summed E-state index contributed by atoms with van der Waals surface area (Å²) in [6.45, 7) is 2.38. The highest BCUT2D eigenvalue weighted by atomic mass is 32.1. The molecular weight excluding hydrogens is 296 g/mol. The molecule has 0 atom stereocenters. The fourth-order valence-corrected chi connectivity index (χ4v) is 3.91. The molecule has 2 fully saturated rings. The van der Waals surface area contributed by atoms with Crippen LogP contribution in [-0.2, 0) is 11.3 Å². The molecule has 2 aliphatic carbocycles. The molecule has 2 aromatic rings. The molecule has 2 heterocycles. The van der Waals surface area contributed by atoms with Crippen LogP contribution in [0.15, 0.2) is 11.6 Å². The van der Waals surface area contributed by atoms with Gasteiger partial charge in [-0.2, -0.15) is 0 Å². The number of thiazole rings is 1. The van der Waals surface area contributed by atoms with Gasteiger partial charge >= 0.3 is 0 Å². The van der Waals surface area contributed by atoms with Gasteiger partial charge in [0.2, 0.25) is 0 Å². The zero-order valence-corrected chi connectivity index (χ0v) is 13.6. The first-order valence-electron chi connectivity index (χ1n) is 8.32. The smallest absolute Gasteiger partial charge is 0.145 e. The summed E-state index contributed by atoms with van der Waals surface area (Å²) in [4.78, 5) is 4.68. The van der Waals surface area contributed by atoms with Gasteiger partial charge in [-0.3, -0.25) is 0 Å². The van der Waals surface area contributed by atoms with E-state index in [4.69, 9.17) is 4.74 Å². The Hall–Kier alpha value is -1.27. The first-order chi connectivity index (χ1) is 10.9. The summed E-state index contributed by atoms with van der Waals surface area (Å²) in [7, 11) is 0. The van der Waals surface area contributed by atoms with Gasteiger partial charge in [0.15, 0.2) is 0 Å². The van der Waals surface area contributed by atoms with Crippen LogP contribution in [0.25, 0.3) is 10.7 Å². The zero-order valence-electron chi connectivity index (χ0n) is 12.8. The van der Waals surface area contributed by atoms with Gasteiger partial charge in [0.1, 0.15) is 10.7 Å². The molecule has 0 amide bonds. The zero-order chi connectivity index (χ0) is 14.8. The predicted molar refractivity (Wildman–Crippen MR) is 85.9 cm³/mol. The summed E-state index contributed by atoms with van der Waals surface area (Å²) >= 11 is 1.67. The van der Waals surface area contributed by atoms with Crippen LogP contribution in [-0.4, -0.2) is 33.2 Å². The van der Waals surface area contributed by atoms with Gasteiger partial charge in [-0.1, -0.05) is 18.1 Å². The summed E-state index contributed by atoms with van der Waals surface area (Å²) in [5.74, 6) is 1.48. The Balaban J connectivity index is 1.27. The van der Waals surface area contributed by atoms with E-state index in [1.807, 2.05) is 10.9 Å². The van der Waals surface area contributed by atoms with Crippen molar-refractivity contribution in [3.63, 3.8) is 0 Å². The quantitative estimate of drug-likeness (QED) is 0.733. The largest absolute Gasteiger partial charge is 0.379 e. The molecule has 4 rings (SSSR count). The van der Waals surface area contributed by atoms with Crippen LogP contribution >= 0.6 is 11.3 Å². The summed E-state index contributed by atoms with van der Waals surface area (Å²) in [6, 6.07) is 0. The van der Waals surface area contributed by atoms with Crippen molar-refractivity contribution in [3.8, 4) is 10.7 Å². The van der Waals surface area contributed by atoms with Gasteiger partial charge in [-0.15, -0.1) is 16.4 Å². The van der Waals surface area contributed by atoms with E-state index in [0.29, 0.717) is 12.5 Å². The number of nitrogens with zero attached hydrogens (tertiary/aromatic N) is 4. The van der Waals surface area contributed by atoms with Crippen molar-refractivity contribution in [1.29, 1.82) is 0 Å². The Morgan fingerprint density at radius 1 is 1.23 bits per heavy atom. The second-order valence-corrected chi connectivity index (χ2v) is 7.30. The van der Waals surface area contributed by atoms with Crippen molar-refractivity contribution in [1.82, 2.24) is 20.0 Å². The van der Waals surface area contributed by atoms with Crippen molar-refractivity contribution < 1.29 is 4.74 Å². The fourth-order valence-electron chi connectivity index (χ4n) is 3.06. The summed E-state index contributed by atoms with van der Waals surface area (Å²) in [6.07, 6.45) is 9.97. The van der Waals surface area contributed by atoms with Crippen LogP contribution in [0.1, 0.15) is 50.1 Å². The highest BCUT2D eigenvalue weighted by molar-refractivity contribution is 7.13. The lowest BCUT2D eigenvalue weighted by atomic mass is 10.1. The van der Waals surface area contributed by atoms with E-state index < -0.39 is 0 Å². The third kappa shape index (κ3) is 3.38. The lowest BCUT2D eigenvalue weighted by Gasteiger charge is -2.09. The molecule has 0 spiro atoms. The first-order valence-corrected chi connectivity index (χ1v) is 9.20. The maximum atomic E-state index is 5.78. The molecule has 0 bridgehead atoms. The lowest BCUT2D eigenvalue weighted by molar-refractivity contribution is 0.0926. The molecule has 0 unspecified atom stereocenters. The van der Waals surface area contributed by atoms with E-state index in [1.54, 1.807) is 11.3 Å². The van der Waals surface area contributed by atoms with Crippen LogP contribution in [0, 0.1) is 5.92 Å². The maximum Gasteiger partial charge on any atom is 0.145 e. The van der Waals surface area contributed by atoms with Gasteiger partial charge in [0, 0.05) is 17.9 Å². The summed E-state index contributed by atoms with van der Waals surface area (Å²) in [5.41, 5.74) is 2.11. The van der Waals surface area contributed by atoms with E-state index in [0.717, 1.165) is 29.8 Å². The number of aromatic nitrogens is 4. The van der Waals surface area contributed by atoms with Crippen LogP contribution in [0.5, 0.6) is 0 Å². The van der Waals surface area contributed by atoms with Crippen molar-refractivity contribution in [2.45, 2.75) is 51.0 Å². The number of rotatable bonds is 7. The topological polar surface area (TPSA) is 52.8 Å². The molecule has 0 N–H and O–H groups in total. The number of ether oxygens (including phenoxy) is 1. The Labute approximate surface area is 134 Å². The number of hydrogen-bond acceptors (Lipinski definition) is 5. The van der Waals surface area contributed by atoms with Crippen LogP contribution < -0.4 is 0 Å². The van der Waals surface area contributed by atoms with Crippen molar-refractivity contribution >= 4 is 11.3 Å². The molecule has 5 nitrogen and oxygen atoms in total. The Morgan fingerprint density at radius 2 is 2.09 bits per heavy atom. The van der Waals surface area contributed by atoms with Crippen LogP contribution in [0.3, 0.4) is 0 Å². The van der Waals surface area contributed by atoms with Gasteiger partial charge in [0.25, 0.3) is 0 Å². The van der Waals surface area contributed by atoms with E-state index in [-0.39, 0.29) is 0 Å². The average molecular weight is 318 g/mol. The van der Waals surface area contributed by atoms with E-state index in [9.17, 15) is 0 Å². The van der Waals surface area contributed by atoms with Crippen LogP contribution in [0.2, 0.25) is 0 Å². The molecule has 6 heteroatoms. The SMILES string of the molecule is c1sc(-c2cn(CCOCC3CCCC3)nn2)nc1C1CC1. The molecule has 2 saturated carbocycles. The predicted octanol–water partition coefficient (Wildman–Crippen LogP) is 3.49. The molecule has 0 aromatic carbocycles. The summed E-state index contributed by atoms with van der Waals surface area (Å²) in [5, 5.41) is 11.6. The third-order valence-corrected chi connectivity index (χ3v) is 5.45. The highest BCUT2D eigenvalue weighted by Gasteiger charge is 2.26. The minimum absolute atomic E-state index is 0.698. The van der Waals surface area contributed by atoms with Crippen molar-refractivity contribution in [2.24, 2.45) is 5.92 Å². The van der Waals surface area contributed by atoms with E-state index in [2.05, 4.69) is 20.7 Å². The fraction of sp³-hybridized carbons (Fsp3) is 0.688. The molecular formula is C16H22N4OS. The van der Waals surface area contributed by atoms with Crippen LogP contribution in [0.4, 0.5) is 0 Å². The minimum Gasteiger partial charge on any atom is -0.379 e. The molecule has 22 heavy (non-hydrogen) atoms. The summed E-state index contributed by atoms with van der Waals surface area (Å²) < 4.78 is 7.64. The van der Waals surface area contributed by atoms with Crippen molar-refractivity contribution in [3.05, 3.63) is 17.3 Å². The Kier molecular flexibility index (Phi) is 4.21. The average Bonchev–Trinajstić information content (AvgIpc) is 3.00. The van der Waals surface area contributed by atoms with Gasteiger partial charge in [-0.25, -0.2) is 9.67 Å². The monoisotopic (exact) mass is 318 g/mol. The highest BCUT2D eigenvalue weighted by Crippen LogP contribution is 2.41. The molecule has 2 aliphatic rings. The Morgan fingerprint density at radius 3 is 2.91 bits per heavy atom. The standard InChI is InChI=1S/C16H22N4OS/c1-2-4-12(3-1)10-21-8-7-20-9-14(18-19-20)16-17-15(11-22-16)13-5-6-13/h9,11-13H,1-8,10H2. The van der Waals surface area contributed by atoms with Gasteiger partial charge in [0.05, 0.1) is 25.0 Å². The second-order valence-electron chi connectivity index (χ2n) is 6.44. The first kappa shape index (κ1) is 14.3. The molecule has 0 aliphatic heterocycles. The van der Waals surface area contributed by atoms with E-state index >= 15 is 0 Å². The van der Waals surface area contributed by atoms with Crippen molar-refractivity contribution in [2.75, 3.05) is 13.2 Å². The van der Waals surface area contributed by atoms with Gasteiger partial charge < -0.3 is 4.74 Å². The third-order valence-electron chi connectivity index (χ3n) is 4.57. The van der Waals surface area contributed by atoms with Gasteiger partial charge in [-0.05, 0) is 31.6 Å². The molecule has 0 radical (unpaired) electrons. The molecule has 118 valence electrons. The molecule has 0 saturated heterocycles. The minimum atomic E-state index is 0.698. The normalized spacial score (nSPS) is 19.1. The molecule has 2 aromatic heterocycles. The van der Waals surface area contributed by atoms with E-state index in [1.165, 1.54) is 44.2 Å². The maximum absolute atomic E-state index is 5.78. The lowest BCUT2D eigenvalue weighted by Crippen LogP contribution is -2.11. The second kappa shape index (κ2) is 6.46. The number of hydrogen-bond donors (Lipinski definition) is 0.